The van der Waals surface area contributed by atoms with Gasteiger partial charge >= 0.3 is 0 Å². The highest BCUT2D eigenvalue weighted by atomic mass is 15.3. The fourth-order valence-corrected chi connectivity index (χ4v) is 2.81. The van der Waals surface area contributed by atoms with Gasteiger partial charge in [0.1, 0.15) is 6.07 Å². The van der Waals surface area contributed by atoms with Gasteiger partial charge in [-0.3, -0.25) is 9.67 Å². The number of nitriles is 1. The van der Waals surface area contributed by atoms with E-state index in [0.29, 0.717) is 12.1 Å². The first kappa shape index (κ1) is 15.8. The van der Waals surface area contributed by atoms with E-state index in [1.165, 1.54) is 0 Å². The monoisotopic (exact) mass is 317 g/mol. The molecule has 0 atom stereocenters. The summed E-state index contributed by atoms with van der Waals surface area (Å²) in [6, 6.07) is 14.2. The Kier molecular flexibility index (Phi) is 4.30. The second kappa shape index (κ2) is 6.55. The van der Waals surface area contributed by atoms with Gasteiger partial charge in [-0.15, -0.1) is 0 Å². The number of benzene rings is 1. The molecule has 0 saturated carbocycles. The van der Waals surface area contributed by atoms with Crippen LogP contribution in [0.3, 0.4) is 0 Å². The lowest BCUT2D eigenvalue weighted by Crippen LogP contribution is -2.04. The van der Waals surface area contributed by atoms with Gasteiger partial charge < -0.3 is 5.32 Å². The second-order valence-corrected chi connectivity index (χ2v) is 5.78. The van der Waals surface area contributed by atoms with E-state index in [1.807, 2.05) is 68.2 Å². The molecule has 2 aromatic heterocycles. The quantitative estimate of drug-likeness (QED) is 0.798. The molecule has 5 nitrogen and oxygen atoms in total. The maximum atomic E-state index is 9.38. The minimum atomic E-state index is 0.589. The van der Waals surface area contributed by atoms with Crippen molar-refractivity contribution < 1.29 is 0 Å². The fraction of sp³-hybridized carbons (Fsp3) is 0.211. The third kappa shape index (κ3) is 3.13. The van der Waals surface area contributed by atoms with Crippen LogP contribution in [0.2, 0.25) is 0 Å². The van der Waals surface area contributed by atoms with Gasteiger partial charge in [-0.1, -0.05) is 30.3 Å². The van der Waals surface area contributed by atoms with Crippen LogP contribution in [0.4, 0.5) is 5.69 Å². The lowest BCUT2D eigenvalue weighted by atomic mass is 10.1. The van der Waals surface area contributed by atoms with Crippen molar-refractivity contribution in [2.45, 2.75) is 20.4 Å². The Labute approximate surface area is 141 Å². The molecule has 0 aliphatic carbocycles. The minimum absolute atomic E-state index is 0.589. The molecule has 0 amide bonds. The lowest BCUT2D eigenvalue weighted by Gasteiger charge is -2.11. The molecular formula is C19H19N5. The molecule has 5 heteroatoms. The smallest absolute Gasteiger partial charge is 0.103 e. The largest absolute Gasteiger partial charge is 0.380 e. The zero-order valence-electron chi connectivity index (χ0n) is 14.0. The number of rotatable bonds is 4. The topological polar surface area (TPSA) is 66.5 Å². The predicted molar refractivity (Wildman–Crippen MR) is 94.4 cm³/mol. The van der Waals surface area contributed by atoms with E-state index in [2.05, 4.69) is 21.5 Å². The van der Waals surface area contributed by atoms with E-state index < -0.39 is 0 Å². The maximum Gasteiger partial charge on any atom is 0.103 e. The van der Waals surface area contributed by atoms with Crippen LogP contribution in [0.25, 0.3) is 11.3 Å². The molecule has 120 valence electrons. The molecule has 0 bridgehead atoms. The molecule has 0 aliphatic rings. The minimum Gasteiger partial charge on any atom is -0.380 e. The Morgan fingerprint density at radius 2 is 1.96 bits per heavy atom. The Bertz CT molecular complexity index is 903. The van der Waals surface area contributed by atoms with Crippen molar-refractivity contribution in [3.63, 3.8) is 0 Å². The van der Waals surface area contributed by atoms with Crippen LogP contribution in [-0.2, 0) is 13.6 Å². The summed E-state index contributed by atoms with van der Waals surface area (Å²) in [5.41, 5.74) is 6.15. The third-order valence-corrected chi connectivity index (χ3v) is 3.86. The van der Waals surface area contributed by atoms with Crippen LogP contribution in [-0.4, -0.2) is 14.8 Å². The number of hydrogen-bond acceptors (Lipinski definition) is 4. The van der Waals surface area contributed by atoms with Crippen LogP contribution >= 0.6 is 0 Å². The molecule has 0 radical (unpaired) electrons. The number of aromatic nitrogens is 3. The standard InChI is InChI=1S/C19H19N5/c1-13-9-18(17(10-20)14(2)22-13)21-11-16-12-24(3)23-19(16)15-7-5-4-6-8-15/h4-9,12H,11H2,1-3H3,(H,21,22). The molecule has 24 heavy (non-hydrogen) atoms. The van der Waals surface area contributed by atoms with Gasteiger partial charge in [0.15, 0.2) is 0 Å². The van der Waals surface area contributed by atoms with Gasteiger partial charge in [-0.2, -0.15) is 10.4 Å². The fourth-order valence-electron chi connectivity index (χ4n) is 2.81. The summed E-state index contributed by atoms with van der Waals surface area (Å²) >= 11 is 0. The number of nitrogens with one attached hydrogen (secondary N) is 1. The van der Waals surface area contributed by atoms with Gasteiger partial charge in [0.25, 0.3) is 0 Å². The average molecular weight is 317 g/mol. The highest BCUT2D eigenvalue weighted by Crippen LogP contribution is 2.24. The highest BCUT2D eigenvalue weighted by Gasteiger charge is 2.12. The Morgan fingerprint density at radius 1 is 1.21 bits per heavy atom. The summed E-state index contributed by atoms with van der Waals surface area (Å²) < 4.78 is 1.81. The van der Waals surface area contributed by atoms with Crippen molar-refractivity contribution in [2.24, 2.45) is 7.05 Å². The molecule has 1 N–H and O–H groups in total. The number of anilines is 1. The zero-order chi connectivity index (χ0) is 17.1. The maximum absolute atomic E-state index is 9.38. The first-order valence-corrected chi connectivity index (χ1v) is 7.78. The normalized spacial score (nSPS) is 10.4. The van der Waals surface area contributed by atoms with Gasteiger partial charge in [-0.25, -0.2) is 0 Å². The van der Waals surface area contributed by atoms with Crippen molar-refractivity contribution >= 4 is 5.69 Å². The predicted octanol–water partition coefficient (Wildman–Crippen LogP) is 3.58. The Morgan fingerprint density at radius 3 is 2.67 bits per heavy atom. The first-order valence-electron chi connectivity index (χ1n) is 7.78. The summed E-state index contributed by atoms with van der Waals surface area (Å²) in [6.07, 6.45) is 2.00. The summed E-state index contributed by atoms with van der Waals surface area (Å²) in [4.78, 5) is 4.35. The molecular weight excluding hydrogens is 298 g/mol. The number of aryl methyl sites for hydroxylation is 3. The Hall–Kier alpha value is -3.13. The van der Waals surface area contributed by atoms with Crippen molar-refractivity contribution in [3.8, 4) is 17.3 Å². The SMILES string of the molecule is Cc1cc(NCc2cn(C)nc2-c2ccccc2)c(C#N)c(C)n1. The average Bonchev–Trinajstić information content (AvgIpc) is 2.94. The molecule has 3 rings (SSSR count). The van der Waals surface area contributed by atoms with Gasteiger partial charge in [0, 0.05) is 36.6 Å². The van der Waals surface area contributed by atoms with Crippen molar-refractivity contribution in [3.05, 3.63) is 65.1 Å². The number of hydrogen-bond donors (Lipinski definition) is 1. The molecule has 1 aromatic carbocycles. The molecule has 0 aliphatic heterocycles. The van der Waals surface area contributed by atoms with E-state index >= 15 is 0 Å². The third-order valence-electron chi connectivity index (χ3n) is 3.86. The Balaban J connectivity index is 1.91. The zero-order valence-corrected chi connectivity index (χ0v) is 14.0. The van der Waals surface area contributed by atoms with Crippen molar-refractivity contribution in [2.75, 3.05) is 5.32 Å². The number of nitrogens with zero attached hydrogens (tertiary/aromatic N) is 4. The van der Waals surface area contributed by atoms with Gasteiger partial charge in [0.2, 0.25) is 0 Å². The van der Waals surface area contributed by atoms with Gasteiger partial charge in [0.05, 0.1) is 22.6 Å². The molecule has 0 saturated heterocycles. The second-order valence-electron chi connectivity index (χ2n) is 5.78. The summed E-state index contributed by atoms with van der Waals surface area (Å²) in [5.74, 6) is 0. The van der Waals surface area contributed by atoms with Crippen molar-refractivity contribution in [1.82, 2.24) is 14.8 Å². The van der Waals surface area contributed by atoms with E-state index in [0.717, 1.165) is 33.9 Å². The van der Waals surface area contributed by atoms with Crippen LogP contribution < -0.4 is 5.32 Å². The summed E-state index contributed by atoms with van der Waals surface area (Å²) in [5, 5.41) is 17.3. The van der Waals surface area contributed by atoms with Crippen LogP contribution in [0.1, 0.15) is 22.5 Å². The highest BCUT2D eigenvalue weighted by molar-refractivity contribution is 5.64. The van der Waals surface area contributed by atoms with E-state index in [4.69, 9.17) is 0 Å². The van der Waals surface area contributed by atoms with Crippen LogP contribution in [0, 0.1) is 25.2 Å². The van der Waals surface area contributed by atoms with Crippen LogP contribution in [0.15, 0.2) is 42.6 Å². The van der Waals surface area contributed by atoms with E-state index in [9.17, 15) is 5.26 Å². The first-order chi connectivity index (χ1) is 11.6. The summed E-state index contributed by atoms with van der Waals surface area (Å²) in [6.45, 7) is 4.38. The van der Waals surface area contributed by atoms with Crippen molar-refractivity contribution in [1.29, 1.82) is 5.26 Å². The summed E-state index contributed by atoms with van der Waals surface area (Å²) in [7, 11) is 1.91. The van der Waals surface area contributed by atoms with E-state index in [1.54, 1.807) is 0 Å². The molecule has 0 unspecified atom stereocenters. The number of pyridine rings is 1. The molecule has 2 heterocycles. The molecule has 0 spiro atoms. The molecule has 0 fully saturated rings. The van der Waals surface area contributed by atoms with Gasteiger partial charge in [-0.05, 0) is 19.9 Å². The van der Waals surface area contributed by atoms with Crippen LogP contribution in [0.5, 0.6) is 0 Å². The van der Waals surface area contributed by atoms with E-state index in [-0.39, 0.29) is 0 Å². The lowest BCUT2D eigenvalue weighted by molar-refractivity contribution is 0.770. The molecule has 3 aromatic rings.